The lowest BCUT2D eigenvalue weighted by Gasteiger charge is -2.11. The quantitative estimate of drug-likeness (QED) is 0.834. The summed E-state index contributed by atoms with van der Waals surface area (Å²) in [5, 5.41) is 6.42. The van der Waals surface area contributed by atoms with Gasteiger partial charge in [-0.3, -0.25) is 0 Å². The van der Waals surface area contributed by atoms with Crippen molar-refractivity contribution >= 4 is 34.6 Å². The second-order valence-electron chi connectivity index (χ2n) is 4.06. The predicted octanol–water partition coefficient (Wildman–Crippen LogP) is 4.10. The Morgan fingerprint density at radius 2 is 1.70 bits per heavy atom. The van der Waals surface area contributed by atoms with Crippen molar-refractivity contribution < 1.29 is 8.78 Å². The van der Waals surface area contributed by atoms with E-state index in [0.717, 1.165) is 5.56 Å². The Kier molecular flexibility index (Phi) is 4.87. The zero-order valence-corrected chi connectivity index (χ0v) is 11.9. The van der Waals surface area contributed by atoms with Crippen LogP contribution in [0.2, 0.25) is 5.02 Å². The van der Waals surface area contributed by atoms with Gasteiger partial charge in [-0.2, -0.15) is 0 Å². The van der Waals surface area contributed by atoms with Crippen LogP contribution in [0.4, 0.5) is 14.5 Å². The number of rotatable bonds is 3. The molecule has 0 saturated carbocycles. The van der Waals surface area contributed by atoms with Crippen LogP contribution < -0.4 is 10.6 Å². The Bertz CT molecular complexity index is 617. The van der Waals surface area contributed by atoms with Gasteiger partial charge >= 0.3 is 0 Å². The molecule has 2 nitrogen and oxygen atoms in total. The summed E-state index contributed by atoms with van der Waals surface area (Å²) >= 11 is 11.0. The minimum Gasteiger partial charge on any atom is -0.358 e. The van der Waals surface area contributed by atoms with Gasteiger partial charge in [0, 0.05) is 6.54 Å². The molecular weight excluding hydrogens is 302 g/mol. The molecule has 2 N–H and O–H groups in total. The number of anilines is 1. The number of thiocarbonyl (C=S) groups is 1. The van der Waals surface area contributed by atoms with Crippen molar-refractivity contribution in [3.63, 3.8) is 0 Å². The van der Waals surface area contributed by atoms with Crippen LogP contribution in [0.5, 0.6) is 0 Å². The first-order valence-corrected chi connectivity index (χ1v) is 6.57. The summed E-state index contributed by atoms with van der Waals surface area (Å²) in [6, 6.07) is 10.1. The van der Waals surface area contributed by atoms with Crippen LogP contribution in [0.25, 0.3) is 0 Å². The fourth-order valence-electron chi connectivity index (χ4n) is 1.54. The van der Waals surface area contributed by atoms with E-state index in [-0.39, 0.29) is 10.8 Å². The van der Waals surface area contributed by atoms with Crippen LogP contribution in [0.1, 0.15) is 5.56 Å². The average Bonchev–Trinajstić information content (AvgIpc) is 2.41. The summed E-state index contributed by atoms with van der Waals surface area (Å²) in [7, 11) is 0. The van der Waals surface area contributed by atoms with Crippen molar-refractivity contribution in [3.8, 4) is 0 Å². The Morgan fingerprint density at radius 1 is 1.05 bits per heavy atom. The highest BCUT2D eigenvalue weighted by Gasteiger charge is 2.04. The number of benzene rings is 2. The van der Waals surface area contributed by atoms with E-state index >= 15 is 0 Å². The van der Waals surface area contributed by atoms with E-state index in [1.807, 2.05) is 0 Å². The minimum atomic E-state index is -0.411. The summed E-state index contributed by atoms with van der Waals surface area (Å²) in [4.78, 5) is 0. The van der Waals surface area contributed by atoms with E-state index < -0.39 is 5.82 Å². The van der Waals surface area contributed by atoms with Gasteiger partial charge in [0.15, 0.2) is 5.11 Å². The fourth-order valence-corrected chi connectivity index (χ4v) is 1.94. The smallest absolute Gasteiger partial charge is 0.171 e. The van der Waals surface area contributed by atoms with Crippen LogP contribution in [0.3, 0.4) is 0 Å². The molecule has 0 saturated heterocycles. The van der Waals surface area contributed by atoms with E-state index in [0.29, 0.717) is 17.3 Å². The molecule has 2 aromatic carbocycles. The molecule has 104 valence electrons. The molecular formula is C14H11ClF2N2S. The molecule has 0 spiro atoms. The van der Waals surface area contributed by atoms with E-state index in [1.165, 1.54) is 30.3 Å². The zero-order chi connectivity index (χ0) is 14.5. The molecule has 0 atom stereocenters. The first kappa shape index (κ1) is 14.7. The molecule has 0 fully saturated rings. The third kappa shape index (κ3) is 4.15. The maximum absolute atomic E-state index is 12.9. The summed E-state index contributed by atoms with van der Waals surface area (Å²) in [5.41, 5.74) is 1.41. The number of hydrogen-bond acceptors (Lipinski definition) is 1. The van der Waals surface area contributed by atoms with Crippen LogP contribution in [0, 0.1) is 11.6 Å². The fraction of sp³-hybridized carbons (Fsp3) is 0.0714. The van der Waals surface area contributed by atoms with Crippen molar-refractivity contribution in [1.82, 2.24) is 5.32 Å². The van der Waals surface area contributed by atoms with Crippen molar-refractivity contribution in [1.29, 1.82) is 0 Å². The maximum atomic E-state index is 12.9. The van der Waals surface area contributed by atoms with Gasteiger partial charge in [-0.25, -0.2) is 8.78 Å². The minimum absolute atomic E-state index is 0.246. The summed E-state index contributed by atoms with van der Waals surface area (Å²) in [5.74, 6) is -0.696. The molecule has 0 bridgehead atoms. The van der Waals surface area contributed by atoms with Crippen molar-refractivity contribution in [2.75, 3.05) is 5.32 Å². The molecule has 0 heterocycles. The summed E-state index contributed by atoms with van der Waals surface area (Å²) in [6.45, 7) is 0.449. The Balaban J connectivity index is 1.90. The van der Waals surface area contributed by atoms with Gasteiger partial charge in [-0.05, 0) is 48.1 Å². The third-order valence-electron chi connectivity index (χ3n) is 2.55. The SMILES string of the molecule is Fc1ccc(CNC(=S)Nc2ccc(F)cc2Cl)cc1. The number of halogens is 3. The highest BCUT2D eigenvalue weighted by atomic mass is 35.5. The second-order valence-corrected chi connectivity index (χ2v) is 4.87. The molecule has 0 aromatic heterocycles. The predicted molar refractivity (Wildman–Crippen MR) is 80.9 cm³/mol. The molecule has 0 aliphatic rings. The first-order valence-electron chi connectivity index (χ1n) is 5.79. The van der Waals surface area contributed by atoms with E-state index in [1.54, 1.807) is 12.1 Å². The largest absolute Gasteiger partial charge is 0.358 e. The lowest BCUT2D eigenvalue weighted by atomic mass is 10.2. The van der Waals surface area contributed by atoms with Crippen molar-refractivity contribution in [2.45, 2.75) is 6.54 Å². The number of nitrogens with one attached hydrogen (secondary N) is 2. The lowest BCUT2D eigenvalue weighted by Crippen LogP contribution is -2.28. The molecule has 20 heavy (non-hydrogen) atoms. The van der Waals surface area contributed by atoms with Gasteiger partial charge < -0.3 is 10.6 Å². The Morgan fingerprint density at radius 3 is 2.35 bits per heavy atom. The second kappa shape index (κ2) is 6.63. The van der Waals surface area contributed by atoms with Crippen LogP contribution in [-0.4, -0.2) is 5.11 Å². The highest BCUT2D eigenvalue weighted by Crippen LogP contribution is 2.22. The van der Waals surface area contributed by atoms with Gasteiger partial charge in [-0.1, -0.05) is 23.7 Å². The van der Waals surface area contributed by atoms with Gasteiger partial charge in [0.05, 0.1) is 10.7 Å². The van der Waals surface area contributed by atoms with Gasteiger partial charge in [0.2, 0.25) is 0 Å². The van der Waals surface area contributed by atoms with Crippen molar-refractivity contribution in [2.24, 2.45) is 0 Å². The van der Waals surface area contributed by atoms with Crippen LogP contribution >= 0.6 is 23.8 Å². The van der Waals surface area contributed by atoms with Gasteiger partial charge in [-0.15, -0.1) is 0 Å². The van der Waals surface area contributed by atoms with Gasteiger partial charge in [0.25, 0.3) is 0 Å². The average molecular weight is 313 g/mol. The number of hydrogen-bond donors (Lipinski definition) is 2. The monoisotopic (exact) mass is 312 g/mol. The molecule has 0 aliphatic heterocycles. The van der Waals surface area contributed by atoms with Crippen LogP contribution in [0.15, 0.2) is 42.5 Å². The topological polar surface area (TPSA) is 24.1 Å². The molecule has 0 unspecified atom stereocenters. The standard InChI is InChI=1S/C14H11ClF2N2S/c15-12-7-11(17)5-6-13(12)19-14(20)18-8-9-1-3-10(16)4-2-9/h1-7H,8H2,(H2,18,19,20). The Hall–Kier alpha value is -1.72. The molecule has 2 aromatic rings. The molecule has 6 heteroatoms. The van der Waals surface area contributed by atoms with E-state index in [2.05, 4.69) is 10.6 Å². The van der Waals surface area contributed by atoms with Crippen molar-refractivity contribution in [3.05, 3.63) is 64.7 Å². The Labute approximate surface area is 125 Å². The highest BCUT2D eigenvalue weighted by molar-refractivity contribution is 7.80. The third-order valence-corrected chi connectivity index (χ3v) is 3.10. The van der Waals surface area contributed by atoms with Gasteiger partial charge in [0.1, 0.15) is 11.6 Å². The van der Waals surface area contributed by atoms with E-state index in [4.69, 9.17) is 23.8 Å². The maximum Gasteiger partial charge on any atom is 0.171 e. The normalized spacial score (nSPS) is 10.2. The molecule has 0 amide bonds. The van der Waals surface area contributed by atoms with Crippen LogP contribution in [-0.2, 0) is 6.54 Å². The first-order chi connectivity index (χ1) is 9.54. The lowest BCUT2D eigenvalue weighted by molar-refractivity contribution is 0.626. The van der Waals surface area contributed by atoms with E-state index in [9.17, 15) is 8.78 Å². The summed E-state index contributed by atoms with van der Waals surface area (Å²) in [6.07, 6.45) is 0. The molecule has 0 aliphatic carbocycles. The molecule has 0 radical (unpaired) electrons. The summed E-state index contributed by atoms with van der Waals surface area (Å²) < 4.78 is 25.6. The molecule has 2 rings (SSSR count). The zero-order valence-electron chi connectivity index (χ0n) is 10.3.